The highest BCUT2D eigenvalue weighted by Gasteiger charge is 2.66. The zero-order chi connectivity index (χ0) is 41.6. The van der Waals surface area contributed by atoms with Crippen LogP contribution in [0.3, 0.4) is 0 Å². The van der Waals surface area contributed by atoms with Crippen LogP contribution in [0.4, 0.5) is 5.69 Å². The van der Waals surface area contributed by atoms with Crippen molar-refractivity contribution < 1.29 is 19.4 Å². The first-order chi connectivity index (χ1) is 29.1. The molecule has 1 saturated heterocycles. The molecule has 5 atom stereocenters. The maximum absolute atomic E-state index is 15.3. The van der Waals surface area contributed by atoms with Crippen molar-refractivity contribution in [1.82, 2.24) is 24.8 Å². The van der Waals surface area contributed by atoms with E-state index in [0.29, 0.717) is 36.3 Å². The van der Waals surface area contributed by atoms with Gasteiger partial charge in [-0.3, -0.25) is 14.3 Å². The number of carbonyl (C=O) groups is 1. The number of aliphatic hydroxyl groups is 1. The van der Waals surface area contributed by atoms with Crippen LogP contribution in [-0.2, 0) is 28.2 Å². The quantitative estimate of drug-likeness (QED) is 0.131. The minimum absolute atomic E-state index is 0.0485. The number of ether oxygens (including phenoxy) is 2. The average molecular weight is 817 g/mol. The van der Waals surface area contributed by atoms with E-state index in [1.54, 1.807) is 13.3 Å². The molecule has 60 heavy (non-hydrogen) atoms. The van der Waals surface area contributed by atoms with Crippen LogP contribution in [-0.4, -0.2) is 63.7 Å². The van der Waals surface area contributed by atoms with E-state index in [1.165, 1.54) is 9.87 Å². The van der Waals surface area contributed by atoms with E-state index in [0.717, 1.165) is 33.5 Å². The van der Waals surface area contributed by atoms with E-state index in [9.17, 15) is 9.90 Å². The van der Waals surface area contributed by atoms with Crippen LogP contribution >= 0.6 is 0 Å². The van der Waals surface area contributed by atoms with Crippen molar-refractivity contribution in [3.63, 3.8) is 0 Å². The van der Waals surface area contributed by atoms with Crippen LogP contribution in [0.1, 0.15) is 41.6 Å². The van der Waals surface area contributed by atoms with E-state index in [4.69, 9.17) is 9.47 Å². The lowest BCUT2D eigenvalue weighted by Gasteiger charge is -2.37. The monoisotopic (exact) mass is 816 g/mol. The summed E-state index contributed by atoms with van der Waals surface area (Å²) in [4.78, 5) is 30.5. The zero-order valence-corrected chi connectivity index (χ0v) is 35.2. The van der Waals surface area contributed by atoms with Gasteiger partial charge in [-0.1, -0.05) is 121 Å². The molecule has 1 N–H and O–H groups in total. The van der Waals surface area contributed by atoms with Crippen LogP contribution in [0.5, 0.6) is 5.75 Å². The third kappa shape index (κ3) is 6.64. The number of anilines is 1. The molecular weight excluding hydrogens is 769 g/mol. The van der Waals surface area contributed by atoms with Gasteiger partial charge in [0.05, 0.1) is 69.0 Å². The van der Waals surface area contributed by atoms with E-state index in [2.05, 4.69) is 47.6 Å². The molecule has 9 rings (SSSR count). The Morgan fingerprint density at radius 1 is 0.883 bits per heavy atom. The molecule has 1 spiro atoms. The number of hydrogen-bond donors (Lipinski definition) is 1. The van der Waals surface area contributed by atoms with Gasteiger partial charge in [0.25, 0.3) is 11.5 Å². The molecule has 1 amide bonds. The third-order valence-electron chi connectivity index (χ3n) is 12.9. The SMILES string of the molecule is COc1ccc([Si](C)(C)[C@@H]2[C@@H](CCn3cc(C(CO)c4ccccc4)nn3)O[C@]3(C(=O)N(Cc4ccc(-n5ncc6ccccc6c5=O)cc4)c4ccccc43)[C@H]2C)cc1. The highest BCUT2D eigenvalue weighted by molar-refractivity contribution is 6.91. The number of benzene rings is 5. The molecule has 2 aliphatic heterocycles. The first-order valence-electron chi connectivity index (χ1n) is 20.5. The number of aliphatic hydroxyl groups excluding tert-OH is 1. The number of nitrogens with zero attached hydrogens (tertiary/aromatic N) is 6. The number of methoxy groups -OCH3 is 1. The minimum Gasteiger partial charge on any atom is -0.497 e. The lowest BCUT2D eigenvalue weighted by molar-refractivity contribution is -0.146. The predicted octanol–water partition coefficient (Wildman–Crippen LogP) is 6.96. The number of hydrogen-bond acceptors (Lipinski definition) is 8. The van der Waals surface area contributed by atoms with Crippen molar-refractivity contribution >= 4 is 35.6 Å². The number of aromatic nitrogens is 5. The number of para-hydroxylation sites is 1. The van der Waals surface area contributed by atoms with Gasteiger partial charge in [-0.15, -0.1) is 5.10 Å². The van der Waals surface area contributed by atoms with Crippen molar-refractivity contribution in [2.75, 3.05) is 18.6 Å². The van der Waals surface area contributed by atoms with Crippen LogP contribution in [0.25, 0.3) is 16.5 Å². The molecule has 1 unspecified atom stereocenters. The van der Waals surface area contributed by atoms with Crippen LogP contribution < -0.4 is 20.4 Å². The number of carbonyl (C=O) groups excluding carboxylic acids is 1. The Kier molecular flexibility index (Phi) is 10.3. The smallest absolute Gasteiger partial charge is 0.279 e. The summed E-state index contributed by atoms with van der Waals surface area (Å²) in [5, 5.41) is 26.4. The Morgan fingerprint density at radius 3 is 2.35 bits per heavy atom. The van der Waals surface area contributed by atoms with Gasteiger partial charge in [0.15, 0.2) is 5.60 Å². The summed E-state index contributed by atoms with van der Waals surface area (Å²) >= 11 is 0. The van der Waals surface area contributed by atoms with Gasteiger partial charge in [0.2, 0.25) is 0 Å². The molecule has 304 valence electrons. The fourth-order valence-electron chi connectivity index (χ4n) is 9.79. The summed E-state index contributed by atoms with van der Waals surface area (Å²) in [5.41, 5.74) is 3.63. The third-order valence-corrected chi connectivity index (χ3v) is 17.3. The van der Waals surface area contributed by atoms with E-state index in [-0.39, 0.29) is 41.6 Å². The highest BCUT2D eigenvalue weighted by atomic mass is 28.3. The molecule has 0 saturated carbocycles. The Balaban J connectivity index is 1.03. The second-order valence-electron chi connectivity index (χ2n) is 16.5. The summed E-state index contributed by atoms with van der Waals surface area (Å²) in [6, 6.07) is 41.4. The van der Waals surface area contributed by atoms with Crippen molar-refractivity contribution in [3.8, 4) is 11.4 Å². The lowest BCUT2D eigenvalue weighted by Crippen LogP contribution is -2.51. The van der Waals surface area contributed by atoms with Gasteiger partial charge in [-0.05, 0) is 59.5 Å². The molecule has 7 aromatic rings. The number of aryl methyl sites for hydroxylation is 1. The molecular formula is C48H48N6O5Si. The minimum atomic E-state index is -2.37. The maximum Gasteiger partial charge on any atom is 0.279 e. The molecule has 0 bridgehead atoms. The van der Waals surface area contributed by atoms with Crippen LogP contribution in [0, 0.1) is 5.92 Å². The second kappa shape index (κ2) is 15.8. The molecule has 11 nitrogen and oxygen atoms in total. The fraction of sp³-hybridized carbons (Fsp3) is 0.271. The van der Waals surface area contributed by atoms with Crippen molar-refractivity contribution in [3.05, 3.63) is 173 Å². The summed E-state index contributed by atoms with van der Waals surface area (Å²) in [6.45, 7) is 7.73. The maximum atomic E-state index is 15.3. The number of rotatable bonds is 12. The molecule has 0 radical (unpaired) electrons. The van der Waals surface area contributed by atoms with Gasteiger partial charge in [-0.2, -0.15) is 9.78 Å². The van der Waals surface area contributed by atoms with Gasteiger partial charge in [-0.25, -0.2) is 0 Å². The first kappa shape index (κ1) is 39.3. The Bertz CT molecular complexity index is 2720. The largest absolute Gasteiger partial charge is 0.497 e. The molecule has 1 fully saturated rings. The lowest BCUT2D eigenvalue weighted by atomic mass is 9.82. The number of fused-ring (bicyclic) bond motifs is 3. The molecule has 2 aromatic heterocycles. The summed E-state index contributed by atoms with van der Waals surface area (Å²) in [6.07, 6.45) is 3.95. The van der Waals surface area contributed by atoms with E-state index >= 15 is 4.79 Å². The Morgan fingerprint density at radius 2 is 1.60 bits per heavy atom. The molecule has 5 aromatic carbocycles. The molecule has 2 aliphatic rings. The topological polar surface area (TPSA) is 125 Å². The summed E-state index contributed by atoms with van der Waals surface area (Å²) < 4.78 is 16.1. The zero-order valence-electron chi connectivity index (χ0n) is 34.2. The predicted molar refractivity (Wildman–Crippen MR) is 235 cm³/mol. The average Bonchev–Trinajstić information content (AvgIpc) is 3.94. The molecule has 0 aliphatic carbocycles. The Labute approximate surface area is 349 Å². The molecule has 4 heterocycles. The van der Waals surface area contributed by atoms with Crippen LogP contribution in [0.15, 0.2) is 145 Å². The van der Waals surface area contributed by atoms with E-state index < -0.39 is 13.7 Å². The van der Waals surface area contributed by atoms with E-state index in [1.807, 2.05) is 131 Å². The second-order valence-corrected chi connectivity index (χ2v) is 21.2. The Hall–Kier alpha value is -6.21. The summed E-state index contributed by atoms with van der Waals surface area (Å²) in [5.74, 6) is 0.279. The standard InChI is InChI=1S/C48H48N6O5Si/c1-32-45(60(3,4)38-24-22-37(58-2)23-25-38)44(26-27-52-30-42(50-51-52)40(31-55)34-12-6-5-7-13-34)59-48(32)41-16-10-11-17-43(41)53(47(48)57)29-33-18-20-36(21-19-33)54-46(56)39-15-9-8-14-35(39)28-49-54/h5-25,28,30,32,40,44-45,55H,26-27,29,31H2,1-4H3/t32-,40?,44+,45-,48+/m0/s1. The number of amides is 1. The van der Waals surface area contributed by atoms with Crippen molar-refractivity contribution in [1.29, 1.82) is 0 Å². The van der Waals surface area contributed by atoms with Gasteiger partial charge < -0.3 is 19.5 Å². The normalized spacial score (nSPS) is 20.5. The fourth-order valence-corrected chi connectivity index (χ4v) is 13.9. The van der Waals surface area contributed by atoms with Crippen LogP contribution in [0.2, 0.25) is 18.6 Å². The van der Waals surface area contributed by atoms with Crippen molar-refractivity contribution in [2.24, 2.45) is 5.92 Å². The molecule has 12 heteroatoms. The van der Waals surface area contributed by atoms with Gasteiger partial charge in [0, 0.05) is 29.6 Å². The first-order valence-corrected chi connectivity index (χ1v) is 23.6. The van der Waals surface area contributed by atoms with Crippen molar-refractivity contribution in [2.45, 2.75) is 62.7 Å². The van der Waals surface area contributed by atoms with Gasteiger partial charge >= 0.3 is 0 Å². The highest BCUT2D eigenvalue weighted by Crippen LogP contribution is 2.60. The summed E-state index contributed by atoms with van der Waals surface area (Å²) in [7, 11) is -0.698. The van der Waals surface area contributed by atoms with Gasteiger partial charge in [0.1, 0.15) is 5.75 Å².